The molecule has 0 unspecified atom stereocenters. The standard InChI is InChI=1S/C22H20BrNO5/c1-5-7-16(25)24-13-11-10-12-17-14(28-20(26)18(12)19(13)23)8-6-9-15(17)29-21(27)22(2,3)4/h5-6,8-11H,1,7H2,2-4H3,(H,24,25). The molecule has 0 saturated heterocycles. The highest BCUT2D eigenvalue weighted by atomic mass is 79.9. The van der Waals surface area contributed by atoms with Crippen molar-refractivity contribution in [3.8, 4) is 5.75 Å². The van der Waals surface area contributed by atoms with Crippen LogP contribution in [-0.2, 0) is 9.59 Å². The van der Waals surface area contributed by atoms with Crippen molar-refractivity contribution in [3.63, 3.8) is 0 Å². The van der Waals surface area contributed by atoms with E-state index in [1.54, 1.807) is 51.1 Å². The van der Waals surface area contributed by atoms with E-state index in [1.807, 2.05) is 0 Å². The SMILES string of the molecule is C=CCC(=O)Nc1ccc2c(c1Br)c(=O)oc1cccc(OC(=O)C(C)(C)C)c12. The second-order valence-electron chi connectivity index (χ2n) is 7.55. The van der Waals surface area contributed by atoms with Crippen LogP contribution in [0.4, 0.5) is 5.69 Å². The molecule has 3 aromatic rings. The Labute approximate surface area is 175 Å². The van der Waals surface area contributed by atoms with Gasteiger partial charge in [-0.25, -0.2) is 4.79 Å². The van der Waals surface area contributed by atoms with E-state index in [2.05, 4.69) is 27.8 Å². The normalized spacial score (nSPS) is 11.4. The number of carbonyl (C=O) groups excluding carboxylic acids is 2. The van der Waals surface area contributed by atoms with E-state index in [0.29, 0.717) is 32.3 Å². The van der Waals surface area contributed by atoms with Gasteiger partial charge < -0.3 is 14.5 Å². The molecule has 1 heterocycles. The van der Waals surface area contributed by atoms with Gasteiger partial charge >= 0.3 is 11.6 Å². The third kappa shape index (κ3) is 4.10. The molecule has 7 heteroatoms. The number of ether oxygens (including phenoxy) is 1. The highest BCUT2D eigenvalue weighted by molar-refractivity contribution is 9.10. The Morgan fingerprint density at radius 3 is 2.59 bits per heavy atom. The Kier molecular flexibility index (Phi) is 5.61. The summed E-state index contributed by atoms with van der Waals surface area (Å²) in [7, 11) is 0. The Balaban J connectivity index is 2.24. The molecule has 3 rings (SSSR count). The van der Waals surface area contributed by atoms with Crippen molar-refractivity contribution >= 4 is 55.2 Å². The summed E-state index contributed by atoms with van der Waals surface area (Å²) in [6.07, 6.45) is 1.63. The maximum absolute atomic E-state index is 12.6. The number of nitrogens with one attached hydrogen (secondary N) is 1. The average Bonchev–Trinajstić information content (AvgIpc) is 2.63. The second kappa shape index (κ2) is 7.83. The van der Waals surface area contributed by atoms with E-state index >= 15 is 0 Å². The van der Waals surface area contributed by atoms with Gasteiger partial charge in [0.1, 0.15) is 11.3 Å². The molecule has 0 fully saturated rings. The summed E-state index contributed by atoms with van der Waals surface area (Å²) < 4.78 is 11.5. The van der Waals surface area contributed by atoms with Crippen molar-refractivity contribution in [2.75, 3.05) is 5.32 Å². The Morgan fingerprint density at radius 2 is 1.93 bits per heavy atom. The first-order valence-electron chi connectivity index (χ1n) is 8.94. The number of rotatable bonds is 4. The van der Waals surface area contributed by atoms with Crippen LogP contribution < -0.4 is 15.7 Å². The molecule has 1 aromatic heterocycles. The van der Waals surface area contributed by atoms with Gasteiger partial charge in [0.2, 0.25) is 5.91 Å². The van der Waals surface area contributed by atoms with Crippen molar-refractivity contribution in [1.82, 2.24) is 0 Å². The molecule has 0 aliphatic heterocycles. The highest BCUT2D eigenvalue weighted by Gasteiger charge is 2.25. The van der Waals surface area contributed by atoms with Crippen LogP contribution in [0.1, 0.15) is 27.2 Å². The number of esters is 1. The molecule has 0 aliphatic rings. The first kappa shape index (κ1) is 20.8. The zero-order chi connectivity index (χ0) is 21.3. The van der Waals surface area contributed by atoms with Crippen molar-refractivity contribution in [3.05, 3.63) is 57.9 Å². The molecule has 0 spiro atoms. The Hall–Kier alpha value is -2.93. The summed E-state index contributed by atoms with van der Waals surface area (Å²) in [6, 6.07) is 8.31. The van der Waals surface area contributed by atoms with Crippen LogP contribution in [0.2, 0.25) is 0 Å². The van der Waals surface area contributed by atoms with Crippen LogP contribution in [0, 0.1) is 5.41 Å². The van der Waals surface area contributed by atoms with Crippen LogP contribution in [0.25, 0.3) is 21.7 Å². The number of benzene rings is 2. The number of fused-ring (bicyclic) bond motifs is 3. The number of anilines is 1. The summed E-state index contributed by atoms with van der Waals surface area (Å²) in [4.78, 5) is 36.9. The van der Waals surface area contributed by atoms with E-state index in [-0.39, 0.29) is 17.7 Å². The average molecular weight is 458 g/mol. The Morgan fingerprint density at radius 1 is 1.21 bits per heavy atom. The number of hydrogen-bond donors (Lipinski definition) is 1. The predicted octanol–water partition coefficient (Wildman–Crippen LogP) is 5.17. The fraction of sp³-hybridized carbons (Fsp3) is 0.227. The fourth-order valence-electron chi connectivity index (χ4n) is 2.76. The Bertz CT molecular complexity index is 1200. The lowest BCUT2D eigenvalue weighted by atomic mass is 9.97. The summed E-state index contributed by atoms with van der Waals surface area (Å²) in [5.74, 6) is -0.367. The van der Waals surface area contributed by atoms with Gasteiger partial charge in [-0.1, -0.05) is 18.2 Å². The summed E-state index contributed by atoms with van der Waals surface area (Å²) in [5, 5.41) is 4.01. The number of hydrogen-bond acceptors (Lipinski definition) is 5. The molecule has 2 aromatic carbocycles. The molecule has 150 valence electrons. The smallest absolute Gasteiger partial charge is 0.345 e. The molecule has 1 N–H and O–H groups in total. The van der Waals surface area contributed by atoms with E-state index in [4.69, 9.17) is 9.15 Å². The lowest BCUT2D eigenvalue weighted by Gasteiger charge is -2.18. The molecule has 0 atom stereocenters. The minimum absolute atomic E-state index is 0.143. The summed E-state index contributed by atoms with van der Waals surface area (Å²) in [6.45, 7) is 8.81. The van der Waals surface area contributed by atoms with Crippen molar-refractivity contribution in [1.29, 1.82) is 0 Å². The lowest BCUT2D eigenvalue weighted by Crippen LogP contribution is -2.25. The molecule has 0 saturated carbocycles. The zero-order valence-corrected chi connectivity index (χ0v) is 17.9. The molecule has 29 heavy (non-hydrogen) atoms. The van der Waals surface area contributed by atoms with Crippen LogP contribution in [-0.4, -0.2) is 11.9 Å². The maximum atomic E-state index is 12.6. The third-order valence-electron chi connectivity index (χ3n) is 4.22. The molecule has 0 radical (unpaired) electrons. The fourth-order valence-corrected chi connectivity index (χ4v) is 3.37. The highest BCUT2D eigenvalue weighted by Crippen LogP contribution is 2.37. The van der Waals surface area contributed by atoms with Crippen LogP contribution in [0.15, 0.2) is 56.7 Å². The first-order chi connectivity index (χ1) is 13.6. The predicted molar refractivity (Wildman–Crippen MR) is 116 cm³/mol. The van der Waals surface area contributed by atoms with E-state index in [0.717, 1.165) is 0 Å². The number of carbonyl (C=O) groups is 2. The molecular formula is C22H20BrNO5. The van der Waals surface area contributed by atoms with Crippen LogP contribution >= 0.6 is 15.9 Å². The van der Waals surface area contributed by atoms with Crippen molar-refractivity contribution in [2.45, 2.75) is 27.2 Å². The van der Waals surface area contributed by atoms with E-state index < -0.39 is 17.0 Å². The van der Waals surface area contributed by atoms with Gasteiger partial charge in [-0.2, -0.15) is 0 Å². The van der Waals surface area contributed by atoms with Gasteiger partial charge in [-0.05, 0) is 54.9 Å². The number of halogens is 1. The van der Waals surface area contributed by atoms with Gasteiger partial charge in [-0.3, -0.25) is 9.59 Å². The minimum atomic E-state index is -0.698. The minimum Gasteiger partial charge on any atom is -0.425 e. The maximum Gasteiger partial charge on any atom is 0.345 e. The molecule has 0 aliphatic carbocycles. The lowest BCUT2D eigenvalue weighted by molar-refractivity contribution is -0.142. The molecule has 0 bridgehead atoms. The first-order valence-corrected chi connectivity index (χ1v) is 9.74. The van der Waals surface area contributed by atoms with Gasteiger partial charge in [0.05, 0.1) is 26.3 Å². The van der Waals surface area contributed by atoms with Gasteiger partial charge in [-0.15, -0.1) is 6.58 Å². The van der Waals surface area contributed by atoms with Crippen molar-refractivity contribution < 1.29 is 18.7 Å². The van der Waals surface area contributed by atoms with Crippen LogP contribution in [0.3, 0.4) is 0 Å². The van der Waals surface area contributed by atoms with Gasteiger partial charge in [0.25, 0.3) is 0 Å². The van der Waals surface area contributed by atoms with Gasteiger partial charge in [0, 0.05) is 11.8 Å². The molecule has 6 nitrogen and oxygen atoms in total. The zero-order valence-electron chi connectivity index (χ0n) is 16.3. The van der Waals surface area contributed by atoms with Crippen molar-refractivity contribution in [2.24, 2.45) is 5.41 Å². The summed E-state index contributed by atoms with van der Waals surface area (Å²) in [5.41, 5.74) is -0.535. The summed E-state index contributed by atoms with van der Waals surface area (Å²) >= 11 is 3.40. The second-order valence-corrected chi connectivity index (χ2v) is 8.34. The molecular weight excluding hydrogens is 438 g/mol. The topological polar surface area (TPSA) is 85.6 Å². The van der Waals surface area contributed by atoms with Gasteiger partial charge in [0.15, 0.2) is 0 Å². The van der Waals surface area contributed by atoms with Crippen LogP contribution in [0.5, 0.6) is 5.75 Å². The number of amides is 1. The van der Waals surface area contributed by atoms with E-state index in [1.165, 1.54) is 6.08 Å². The largest absolute Gasteiger partial charge is 0.425 e. The monoisotopic (exact) mass is 457 g/mol. The van der Waals surface area contributed by atoms with E-state index in [9.17, 15) is 14.4 Å². The quantitative estimate of drug-likeness (QED) is 0.192. The molecule has 1 amide bonds. The third-order valence-corrected chi connectivity index (χ3v) is 5.05.